The molecule has 1 aliphatic heterocycles. The van der Waals surface area contributed by atoms with Crippen molar-refractivity contribution in [1.82, 2.24) is 5.32 Å². The molecule has 1 amide bonds. The van der Waals surface area contributed by atoms with E-state index >= 15 is 0 Å². The van der Waals surface area contributed by atoms with E-state index in [2.05, 4.69) is 34.3 Å². The van der Waals surface area contributed by atoms with Gasteiger partial charge in [-0.2, -0.15) is 0 Å². The third-order valence-corrected chi connectivity index (χ3v) is 5.29. The van der Waals surface area contributed by atoms with Crippen molar-refractivity contribution in [3.05, 3.63) is 54.6 Å². The first-order valence-corrected chi connectivity index (χ1v) is 10.0. The summed E-state index contributed by atoms with van der Waals surface area (Å²) < 4.78 is 0. The summed E-state index contributed by atoms with van der Waals surface area (Å²) in [5.74, 6) is 0.426. The number of hydrogen-bond acceptors (Lipinski definition) is 4. The van der Waals surface area contributed by atoms with Gasteiger partial charge in [0, 0.05) is 31.5 Å². The molecule has 1 fully saturated rings. The summed E-state index contributed by atoms with van der Waals surface area (Å²) in [7, 11) is 2.08. The monoisotopic (exact) mass is 383 g/mol. The number of amides is 1. The number of carbonyl (C=O) groups is 1. The average molecular weight is 384 g/mol. The number of rotatable bonds is 8. The summed E-state index contributed by atoms with van der Waals surface area (Å²) in [5.41, 5.74) is 2.33. The molecule has 0 atom stereocenters. The van der Waals surface area contributed by atoms with E-state index in [0.29, 0.717) is 18.8 Å². The van der Waals surface area contributed by atoms with Crippen LogP contribution in [0.2, 0.25) is 0 Å². The molecule has 0 saturated carbocycles. The van der Waals surface area contributed by atoms with E-state index in [-0.39, 0.29) is 5.91 Å². The predicted octanol–water partition coefficient (Wildman–Crippen LogP) is 0.740. The van der Waals surface area contributed by atoms with Crippen molar-refractivity contribution in [2.45, 2.75) is 6.42 Å². The molecular weight excluding hydrogens is 352 g/mol. The maximum Gasteiger partial charge on any atom is 0.275 e. The van der Waals surface area contributed by atoms with Crippen molar-refractivity contribution < 1.29 is 14.8 Å². The van der Waals surface area contributed by atoms with Gasteiger partial charge in [-0.25, -0.2) is 0 Å². The highest BCUT2D eigenvalue weighted by Gasteiger charge is 2.22. The van der Waals surface area contributed by atoms with Gasteiger partial charge < -0.3 is 25.1 Å². The largest absolute Gasteiger partial charge is 0.508 e. The molecule has 6 heteroatoms. The lowest BCUT2D eigenvalue weighted by atomic mass is 10.2. The van der Waals surface area contributed by atoms with Crippen molar-refractivity contribution >= 4 is 17.3 Å². The second kappa shape index (κ2) is 9.99. The Morgan fingerprint density at radius 1 is 1.11 bits per heavy atom. The zero-order valence-electron chi connectivity index (χ0n) is 16.6. The van der Waals surface area contributed by atoms with Gasteiger partial charge in [-0.1, -0.05) is 18.2 Å². The van der Waals surface area contributed by atoms with Gasteiger partial charge in [0.15, 0.2) is 6.54 Å². The number of anilines is 2. The number of nitrogens with zero attached hydrogens (tertiary/aromatic N) is 2. The van der Waals surface area contributed by atoms with Crippen LogP contribution in [0.5, 0.6) is 5.75 Å². The molecule has 0 unspecified atom stereocenters. The number of piperazine rings is 1. The van der Waals surface area contributed by atoms with Crippen LogP contribution >= 0.6 is 0 Å². The van der Waals surface area contributed by atoms with E-state index in [0.717, 1.165) is 44.8 Å². The number of para-hydroxylation sites is 1. The van der Waals surface area contributed by atoms with Gasteiger partial charge >= 0.3 is 0 Å². The van der Waals surface area contributed by atoms with Gasteiger partial charge in [-0.3, -0.25) is 4.79 Å². The zero-order chi connectivity index (χ0) is 19.8. The number of quaternary nitrogens is 1. The molecule has 3 N–H and O–H groups in total. The fourth-order valence-corrected chi connectivity index (χ4v) is 3.57. The molecule has 0 radical (unpaired) electrons. The average Bonchev–Trinajstić information content (AvgIpc) is 2.73. The van der Waals surface area contributed by atoms with Crippen molar-refractivity contribution in [3.63, 3.8) is 0 Å². The highest BCUT2D eigenvalue weighted by Crippen LogP contribution is 2.18. The van der Waals surface area contributed by atoms with Crippen LogP contribution in [0.15, 0.2) is 54.6 Å². The molecule has 0 aliphatic carbocycles. The lowest BCUT2D eigenvalue weighted by molar-refractivity contribution is -0.892. The second-order valence-electron chi connectivity index (χ2n) is 7.39. The van der Waals surface area contributed by atoms with Crippen molar-refractivity contribution in [2.24, 2.45) is 0 Å². The number of hydrogen-bond donors (Lipinski definition) is 3. The SMILES string of the molecule is CN(CCCNC(=O)C[NH+]1CCN(c2ccc(O)cc2)CC1)c1ccccc1. The van der Waals surface area contributed by atoms with E-state index in [1.54, 1.807) is 12.1 Å². The Morgan fingerprint density at radius 3 is 2.46 bits per heavy atom. The quantitative estimate of drug-likeness (QED) is 0.589. The minimum Gasteiger partial charge on any atom is -0.508 e. The first kappa shape index (κ1) is 20.0. The van der Waals surface area contributed by atoms with E-state index < -0.39 is 0 Å². The number of nitrogens with one attached hydrogen (secondary N) is 2. The summed E-state index contributed by atoms with van der Waals surface area (Å²) in [4.78, 5) is 18.1. The van der Waals surface area contributed by atoms with Crippen molar-refractivity contribution in [1.29, 1.82) is 0 Å². The fourth-order valence-electron chi connectivity index (χ4n) is 3.57. The molecule has 1 aliphatic rings. The number of phenolic OH excluding ortho intramolecular Hbond substituents is 1. The van der Waals surface area contributed by atoms with Crippen LogP contribution in [0.3, 0.4) is 0 Å². The lowest BCUT2D eigenvalue weighted by Crippen LogP contribution is -3.15. The molecule has 2 aromatic rings. The Bertz CT molecular complexity index is 728. The van der Waals surface area contributed by atoms with Crippen LogP contribution < -0.4 is 20.0 Å². The van der Waals surface area contributed by atoms with Crippen LogP contribution in [0.1, 0.15) is 6.42 Å². The Labute approximate surface area is 167 Å². The third-order valence-electron chi connectivity index (χ3n) is 5.29. The van der Waals surface area contributed by atoms with E-state index in [9.17, 15) is 9.90 Å². The zero-order valence-corrected chi connectivity index (χ0v) is 16.6. The molecule has 3 rings (SSSR count). The minimum atomic E-state index is 0.135. The minimum absolute atomic E-state index is 0.135. The first-order chi connectivity index (χ1) is 13.6. The van der Waals surface area contributed by atoms with Crippen molar-refractivity contribution in [2.75, 3.05) is 62.7 Å². The van der Waals surface area contributed by atoms with Crippen molar-refractivity contribution in [3.8, 4) is 5.75 Å². The number of phenols is 1. The maximum atomic E-state index is 12.2. The molecule has 0 bridgehead atoms. The lowest BCUT2D eigenvalue weighted by Gasteiger charge is -2.33. The molecule has 2 aromatic carbocycles. The molecule has 1 saturated heterocycles. The molecule has 6 nitrogen and oxygen atoms in total. The highest BCUT2D eigenvalue weighted by atomic mass is 16.3. The molecular formula is C22H31N4O2+. The number of carbonyl (C=O) groups excluding carboxylic acids is 1. The normalized spacial score (nSPS) is 14.7. The topological polar surface area (TPSA) is 60.2 Å². The second-order valence-corrected chi connectivity index (χ2v) is 7.39. The summed E-state index contributed by atoms with van der Waals surface area (Å²) in [6.45, 7) is 5.92. The third kappa shape index (κ3) is 5.89. The maximum absolute atomic E-state index is 12.2. The highest BCUT2D eigenvalue weighted by molar-refractivity contribution is 5.76. The van der Waals surface area contributed by atoms with E-state index in [1.165, 1.54) is 10.6 Å². The van der Waals surface area contributed by atoms with Gasteiger partial charge in [-0.15, -0.1) is 0 Å². The predicted molar refractivity (Wildman–Crippen MR) is 113 cm³/mol. The van der Waals surface area contributed by atoms with Crippen LogP contribution in [0, 0.1) is 0 Å². The summed E-state index contributed by atoms with van der Waals surface area (Å²) >= 11 is 0. The Morgan fingerprint density at radius 2 is 1.79 bits per heavy atom. The molecule has 0 spiro atoms. The number of benzene rings is 2. The molecule has 150 valence electrons. The Hall–Kier alpha value is -2.73. The van der Waals surface area contributed by atoms with Gasteiger partial charge in [0.05, 0.1) is 26.2 Å². The fraction of sp³-hybridized carbons (Fsp3) is 0.409. The Kier molecular flexibility index (Phi) is 7.14. The van der Waals surface area contributed by atoms with E-state index in [1.807, 2.05) is 30.3 Å². The summed E-state index contributed by atoms with van der Waals surface area (Å²) in [5, 5.41) is 12.5. The van der Waals surface area contributed by atoms with Crippen LogP contribution in [0.4, 0.5) is 11.4 Å². The smallest absolute Gasteiger partial charge is 0.275 e. The number of aromatic hydroxyl groups is 1. The van der Waals surface area contributed by atoms with Gasteiger partial charge in [0.25, 0.3) is 5.91 Å². The molecule has 28 heavy (non-hydrogen) atoms. The van der Waals surface area contributed by atoms with E-state index in [4.69, 9.17) is 0 Å². The summed E-state index contributed by atoms with van der Waals surface area (Å²) in [6, 6.07) is 17.6. The van der Waals surface area contributed by atoms with Gasteiger partial charge in [0.1, 0.15) is 5.75 Å². The van der Waals surface area contributed by atoms with Gasteiger partial charge in [0.2, 0.25) is 0 Å². The van der Waals surface area contributed by atoms with Gasteiger partial charge in [-0.05, 0) is 42.8 Å². The molecule has 1 heterocycles. The summed E-state index contributed by atoms with van der Waals surface area (Å²) in [6.07, 6.45) is 0.932. The standard InChI is InChI=1S/C22H30N4O2/c1-24(19-6-3-2-4-7-19)13-5-12-23-22(28)18-25-14-16-26(17-15-25)20-8-10-21(27)11-9-20/h2-4,6-11,27H,5,12-18H2,1H3,(H,23,28)/p+1. The van der Waals surface area contributed by atoms with Crippen LogP contribution in [-0.4, -0.2) is 63.9 Å². The van der Waals surface area contributed by atoms with Crippen LogP contribution in [0.25, 0.3) is 0 Å². The molecule has 0 aromatic heterocycles. The first-order valence-electron chi connectivity index (χ1n) is 10.0. The van der Waals surface area contributed by atoms with Crippen LogP contribution in [-0.2, 0) is 4.79 Å². The Balaban J connectivity index is 1.31.